The van der Waals surface area contributed by atoms with E-state index in [0.29, 0.717) is 23.7 Å². The predicted molar refractivity (Wildman–Crippen MR) is 104 cm³/mol. The molecule has 146 valence electrons. The molecule has 1 heterocycles. The van der Waals surface area contributed by atoms with Crippen LogP contribution in [0.3, 0.4) is 0 Å². The highest BCUT2D eigenvalue weighted by molar-refractivity contribution is 5.99. The number of ether oxygens (including phenoxy) is 3. The van der Waals surface area contributed by atoms with Gasteiger partial charge in [-0.2, -0.15) is 0 Å². The monoisotopic (exact) mass is 383 g/mol. The number of pyridine rings is 1. The lowest BCUT2D eigenvalue weighted by Crippen LogP contribution is -2.16. The molecule has 0 amide bonds. The number of aromatic amines is 1. The van der Waals surface area contributed by atoms with Crippen molar-refractivity contribution in [1.29, 1.82) is 0 Å². The van der Waals surface area contributed by atoms with Crippen molar-refractivity contribution in [3.8, 4) is 23.0 Å². The standard InChI is InChI=1S/C21H21NO6/c1-3-4-11-27-21(25)18-19(23)16-10-9-15(12-17(16)20(24)22-18)28-14-7-5-13(26-2)6-8-14/h5-10,12,23H,3-4,11H2,1-2H3,(H,22,24). The number of carbonyl (C=O) groups is 1. The number of aromatic nitrogens is 1. The van der Waals surface area contributed by atoms with Crippen LogP contribution in [0.25, 0.3) is 10.8 Å². The van der Waals surface area contributed by atoms with Crippen molar-refractivity contribution in [3.05, 3.63) is 58.5 Å². The summed E-state index contributed by atoms with van der Waals surface area (Å²) in [4.78, 5) is 26.9. The quantitative estimate of drug-likeness (QED) is 0.473. The van der Waals surface area contributed by atoms with Gasteiger partial charge in [-0.15, -0.1) is 0 Å². The number of H-pyrrole nitrogens is 1. The number of methoxy groups -OCH3 is 1. The number of unbranched alkanes of at least 4 members (excludes halogenated alkanes) is 1. The molecular formula is C21H21NO6. The van der Waals surface area contributed by atoms with Crippen LogP contribution in [0, 0.1) is 0 Å². The Morgan fingerprint density at radius 3 is 2.39 bits per heavy atom. The minimum absolute atomic E-state index is 0.202. The van der Waals surface area contributed by atoms with Crippen LogP contribution >= 0.6 is 0 Å². The Labute approximate surface area is 161 Å². The zero-order chi connectivity index (χ0) is 20.1. The third-order valence-corrected chi connectivity index (χ3v) is 4.20. The first-order valence-corrected chi connectivity index (χ1v) is 8.91. The van der Waals surface area contributed by atoms with Gasteiger partial charge in [-0.3, -0.25) is 4.79 Å². The molecule has 0 aliphatic heterocycles. The zero-order valence-corrected chi connectivity index (χ0v) is 15.7. The van der Waals surface area contributed by atoms with E-state index in [4.69, 9.17) is 14.2 Å². The number of rotatable bonds is 7. The molecule has 0 atom stereocenters. The van der Waals surface area contributed by atoms with Crippen molar-refractivity contribution in [2.75, 3.05) is 13.7 Å². The maximum absolute atomic E-state index is 12.4. The van der Waals surface area contributed by atoms with Crippen LogP contribution in [0.5, 0.6) is 23.0 Å². The first-order chi connectivity index (χ1) is 13.5. The van der Waals surface area contributed by atoms with Gasteiger partial charge >= 0.3 is 5.97 Å². The Bertz CT molecular complexity index is 1040. The molecule has 7 nitrogen and oxygen atoms in total. The van der Waals surface area contributed by atoms with Crippen LogP contribution in [-0.4, -0.2) is 29.8 Å². The predicted octanol–water partition coefficient (Wildman–Crippen LogP) is 3.99. The van der Waals surface area contributed by atoms with E-state index in [-0.39, 0.29) is 28.8 Å². The number of benzene rings is 2. The highest BCUT2D eigenvalue weighted by atomic mass is 16.5. The Kier molecular flexibility index (Phi) is 5.84. The number of fused-ring (bicyclic) bond motifs is 1. The fourth-order valence-corrected chi connectivity index (χ4v) is 2.66. The van der Waals surface area contributed by atoms with Gasteiger partial charge in [0.1, 0.15) is 17.2 Å². The molecule has 0 spiro atoms. The van der Waals surface area contributed by atoms with Crippen LogP contribution in [-0.2, 0) is 4.74 Å². The fourth-order valence-electron chi connectivity index (χ4n) is 2.66. The molecule has 3 rings (SSSR count). The number of esters is 1. The Morgan fingerprint density at radius 1 is 1.04 bits per heavy atom. The van der Waals surface area contributed by atoms with Crippen LogP contribution < -0.4 is 15.0 Å². The Morgan fingerprint density at radius 2 is 1.71 bits per heavy atom. The second kappa shape index (κ2) is 8.47. The van der Waals surface area contributed by atoms with E-state index >= 15 is 0 Å². The van der Waals surface area contributed by atoms with E-state index in [9.17, 15) is 14.7 Å². The van der Waals surface area contributed by atoms with Gasteiger partial charge in [0.15, 0.2) is 11.4 Å². The van der Waals surface area contributed by atoms with Gasteiger partial charge in [-0.1, -0.05) is 13.3 Å². The molecule has 28 heavy (non-hydrogen) atoms. The molecule has 2 N–H and O–H groups in total. The molecule has 3 aromatic rings. The summed E-state index contributed by atoms with van der Waals surface area (Å²) in [5.74, 6) is 0.596. The number of hydrogen-bond acceptors (Lipinski definition) is 6. The Balaban J connectivity index is 1.90. The summed E-state index contributed by atoms with van der Waals surface area (Å²) >= 11 is 0. The lowest BCUT2D eigenvalue weighted by molar-refractivity contribution is 0.0489. The number of aromatic hydroxyl groups is 1. The van der Waals surface area contributed by atoms with Crippen molar-refractivity contribution in [1.82, 2.24) is 4.98 Å². The first-order valence-electron chi connectivity index (χ1n) is 8.91. The average molecular weight is 383 g/mol. The molecule has 0 fully saturated rings. The van der Waals surface area contributed by atoms with Gasteiger partial charge in [-0.05, 0) is 48.9 Å². The van der Waals surface area contributed by atoms with Gasteiger partial charge in [0.25, 0.3) is 5.56 Å². The Hall–Kier alpha value is -3.48. The van der Waals surface area contributed by atoms with Gasteiger partial charge in [0.05, 0.1) is 19.1 Å². The van der Waals surface area contributed by atoms with E-state index in [1.54, 1.807) is 37.4 Å². The summed E-state index contributed by atoms with van der Waals surface area (Å²) in [6.07, 6.45) is 1.57. The SMILES string of the molecule is CCCCOC(=O)c1[nH]c(=O)c2cc(Oc3ccc(OC)cc3)ccc2c1O. The van der Waals surface area contributed by atoms with E-state index in [2.05, 4.69) is 4.98 Å². The molecule has 0 bridgehead atoms. The molecule has 0 unspecified atom stereocenters. The molecule has 0 saturated carbocycles. The number of nitrogens with one attached hydrogen (secondary N) is 1. The van der Waals surface area contributed by atoms with Crippen molar-refractivity contribution in [3.63, 3.8) is 0 Å². The number of hydrogen-bond donors (Lipinski definition) is 2. The summed E-state index contributed by atoms with van der Waals surface area (Å²) in [7, 11) is 1.58. The van der Waals surface area contributed by atoms with Crippen molar-refractivity contribution in [2.24, 2.45) is 0 Å². The number of carbonyl (C=O) groups excluding carboxylic acids is 1. The minimum atomic E-state index is -0.761. The van der Waals surface area contributed by atoms with Crippen LogP contribution in [0.4, 0.5) is 0 Å². The van der Waals surface area contributed by atoms with Gasteiger partial charge in [-0.25, -0.2) is 4.79 Å². The molecule has 2 aromatic carbocycles. The molecule has 0 saturated heterocycles. The van der Waals surface area contributed by atoms with Gasteiger partial charge < -0.3 is 24.3 Å². The first kappa shape index (κ1) is 19.3. The molecule has 0 aliphatic rings. The summed E-state index contributed by atoms with van der Waals surface area (Å²) in [6, 6.07) is 11.6. The van der Waals surface area contributed by atoms with E-state index in [1.165, 1.54) is 12.1 Å². The van der Waals surface area contributed by atoms with Crippen molar-refractivity contribution in [2.45, 2.75) is 19.8 Å². The molecule has 7 heteroatoms. The molecule has 1 aromatic heterocycles. The van der Waals surface area contributed by atoms with Gasteiger partial charge in [0.2, 0.25) is 0 Å². The van der Waals surface area contributed by atoms with E-state index in [1.807, 2.05) is 6.92 Å². The second-order valence-corrected chi connectivity index (χ2v) is 6.15. The molecular weight excluding hydrogens is 362 g/mol. The minimum Gasteiger partial charge on any atom is -0.505 e. The maximum atomic E-state index is 12.4. The van der Waals surface area contributed by atoms with Crippen molar-refractivity contribution >= 4 is 16.7 Å². The summed E-state index contributed by atoms with van der Waals surface area (Å²) < 4.78 is 15.9. The second-order valence-electron chi connectivity index (χ2n) is 6.15. The third-order valence-electron chi connectivity index (χ3n) is 4.20. The topological polar surface area (TPSA) is 97.9 Å². The van der Waals surface area contributed by atoms with E-state index < -0.39 is 11.5 Å². The van der Waals surface area contributed by atoms with Gasteiger partial charge in [0, 0.05) is 5.39 Å². The normalized spacial score (nSPS) is 10.6. The fraction of sp³-hybridized carbons (Fsp3) is 0.238. The largest absolute Gasteiger partial charge is 0.505 e. The lowest BCUT2D eigenvalue weighted by atomic mass is 10.1. The van der Waals surface area contributed by atoms with Crippen LogP contribution in [0.1, 0.15) is 30.3 Å². The van der Waals surface area contributed by atoms with Crippen molar-refractivity contribution < 1.29 is 24.1 Å². The molecule has 0 radical (unpaired) electrons. The lowest BCUT2D eigenvalue weighted by Gasteiger charge is -2.10. The highest BCUT2D eigenvalue weighted by Crippen LogP contribution is 2.30. The van der Waals surface area contributed by atoms with E-state index in [0.717, 1.165) is 6.42 Å². The highest BCUT2D eigenvalue weighted by Gasteiger charge is 2.18. The third kappa shape index (κ3) is 4.09. The summed E-state index contributed by atoms with van der Waals surface area (Å²) in [5, 5.41) is 10.9. The van der Waals surface area contributed by atoms with Crippen LogP contribution in [0.15, 0.2) is 47.3 Å². The van der Waals surface area contributed by atoms with Crippen LogP contribution in [0.2, 0.25) is 0 Å². The maximum Gasteiger partial charge on any atom is 0.358 e. The summed E-state index contributed by atoms with van der Waals surface area (Å²) in [6.45, 7) is 2.19. The zero-order valence-electron chi connectivity index (χ0n) is 15.7. The average Bonchev–Trinajstić information content (AvgIpc) is 2.71. The molecule has 0 aliphatic carbocycles. The summed E-state index contributed by atoms with van der Waals surface area (Å²) in [5.41, 5.74) is -0.771. The smallest absolute Gasteiger partial charge is 0.358 e.